The molecule has 0 atom stereocenters. The zero-order chi connectivity index (χ0) is 36.0. The molecule has 5 nitrogen and oxygen atoms in total. The molecule has 8 aromatic carbocycles. The van der Waals surface area contributed by atoms with Crippen LogP contribution in [0.15, 0.2) is 186 Å². The zero-order valence-electron chi connectivity index (χ0n) is 29.5. The highest BCUT2D eigenvalue weighted by Crippen LogP contribution is 2.40. The lowest BCUT2D eigenvalue weighted by molar-refractivity contribution is 0.667. The maximum absolute atomic E-state index is 6.53. The maximum atomic E-state index is 6.53. The van der Waals surface area contributed by atoms with Crippen molar-refractivity contribution in [3.63, 3.8) is 0 Å². The van der Waals surface area contributed by atoms with E-state index in [0.717, 1.165) is 61.1 Å². The van der Waals surface area contributed by atoms with Gasteiger partial charge < -0.3 is 13.6 Å². The van der Waals surface area contributed by atoms with E-state index < -0.39 is 0 Å². The molecule has 0 aliphatic carbocycles. The molecule has 5 heteroatoms. The quantitative estimate of drug-likeness (QED) is 0.183. The molecule has 0 spiro atoms. The second-order valence-corrected chi connectivity index (χ2v) is 14.2. The number of nitrogens with zero attached hydrogens (tertiary/aromatic N) is 4. The molecule has 12 aromatic rings. The van der Waals surface area contributed by atoms with E-state index in [1.165, 1.54) is 38.0 Å². The molecule has 0 aliphatic heterocycles. The van der Waals surface area contributed by atoms with Gasteiger partial charge >= 0.3 is 0 Å². The molecule has 0 amide bonds. The summed E-state index contributed by atoms with van der Waals surface area (Å²) in [6.45, 7) is 0. The fourth-order valence-corrected chi connectivity index (χ4v) is 8.58. The third kappa shape index (κ3) is 4.47. The van der Waals surface area contributed by atoms with Crippen LogP contribution in [-0.4, -0.2) is 19.1 Å². The molecule has 55 heavy (non-hydrogen) atoms. The van der Waals surface area contributed by atoms with Crippen molar-refractivity contribution in [3.05, 3.63) is 182 Å². The molecule has 0 fully saturated rings. The number of fused-ring (bicyclic) bond motifs is 10. The third-order valence-electron chi connectivity index (χ3n) is 11.1. The largest absolute Gasteiger partial charge is 0.452 e. The molecule has 0 aliphatic rings. The normalized spacial score (nSPS) is 12.0. The van der Waals surface area contributed by atoms with E-state index in [4.69, 9.17) is 14.4 Å². The number of hydrogen-bond donors (Lipinski definition) is 0. The van der Waals surface area contributed by atoms with E-state index >= 15 is 0 Å². The summed E-state index contributed by atoms with van der Waals surface area (Å²) in [4.78, 5) is 10.5. The van der Waals surface area contributed by atoms with Gasteiger partial charge in [0, 0.05) is 49.4 Å². The van der Waals surface area contributed by atoms with E-state index in [1.54, 1.807) is 0 Å². The molecule has 12 rings (SSSR count). The van der Waals surface area contributed by atoms with Gasteiger partial charge in [-0.15, -0.1) is 0 Å². The summed E-state index contributed by atoms with van der Waals surface area (Å²) in [6, 6.07) is 64.4. The van der Waals surface area contributed by atoms with Crippen molar-refractivity contribution in [2.75, 3.05) is 0 Å². The fourth-order valence-electron chi connectivity index (χ4n) is 8.58. The second kappa shape index (κ2) is 11.5. The maximum Gasteiger partial charge on any atom is 0.180 e. The van der Waals surface area contributed by atoms with Crippen molar-refractivity contribution in [1.82, 2.24) is 19.1 Å². The Kier molecular flexibility index (Phi) is 6.27. The molecule has 4 aromatic heterocycles. The van der Waals surface area contributed by atoms with Gasteiger partial charge in [-0.2, -0.15) is 0 Å². The first kappa shape index (κ1) is 30.0. The molecule has 0 saturated carbocycles. The molecule has 0 bridgehead atoms. The van der Waals surface area contributed by atoms with E-state index in [0.29, 0.717) is 11.4 Å². The van der Waals surface area contributed by atoms with Crippen LogP contribution in [0.3, 0.4) is 0 Å². The van der Waals surface area contributed by atoms with E-state index in [1.807, 2.05) is 18.2 Å². The average Bonchev–Trinajstić information content (AvgIpc) is 3.90. The van der Waals surface area contributed by atoms with Crippen molar-refractivity contribution in [2.24, 2.45) is 0 Å². The smallest absolute Gasteiger partial charge is 0.180 e. The molecule has 4 heterocycles. The molecule has 0 unspecified atom stereocenters. The minimum atomic E-state index is 0.658. The van der Waals surface area contributed by atoms with Crippen molar-refractivity contribution >= 4 is 76.5 Å². The van der Waals surface area contributed by atoms with Crippen LogP contribution >= 0.6 is 0 Å². The minimum absolute atomic E-state index is 0.658. The van der Waals surface area contributed by atoms with Gasteiger partial charge in [-0.1, -0.05) is 103 Å². The number of aromatic nitrogens is 4. The lowest BCUT2D eigenvalue weighted by Gasteiger charge is -2.11. The number of furan rings is 1. The third-order valence-corrected chi connectivity index (χ3v) is 11.1. The summed E-state index contributed by atoms with van der Waals surface area (Å²) >= 11 is 0. The fraction of sp³-hybridized carbons (Fsp3) is 0. The molecule has 0 saturated heterocycles. The van der Waals surface area contributed by atoms with Crippen LogP contribution < -0.4 is 0 Å². The number of para-hydroxylation sites is 4. The number of rotatable bonds is 4. The molecule has 256 valence electrons. The van der Waals surface area contributed by atoms with Gasteiger partial charge in [-0.3, -0.25) is 0 Å². The van der Waals surface area contributed by atoms with Crippen molar-refractivity contribution in [2.45, 2.75) is 0 Å². The summed E-state index contributed by atoms with van der Waals surface area (Å²) in [6.07, 6.45) is 0. The Labute approximate surface area is 315 Å². The van der Waals surface area contributed by atoms with Gasteiger partial charge in [0.2, 0.25) is 0 Å². The van der Waals surface area contributed by atoms with E-state index in [9.17, 15) is 0 Å². The van der Waals surface area contributed by atoms with Gasteiger partial charge in [0.25, 0.3) is 0 Å². The number of benzene rings is 8. The summed E-state index contributed by atoms with van der Waals surface area (Å²) in [5, 5.41) is 8.25. The Morgan fingerprint density at radius 2 is 0.945 bits per heavy atom. The predicted octanol–water partition coefficient (Wildman–Crippen LogP) is 13.1. The highest BCUT2D eigenvalue weighted by molar-refractivity contribution is 6.14. The lowest BCUT2D eigenvalue weighted by atomic mass is 10.1. The topological polar surface area (TPSA) is 48.8 Å². The monoisotopic (exact) mass is 702 g/mol. The van der Waals surface area contributed by atoms with Crippen LogP contribution in [0.1, 0.15) is 0 Å². The van der Waals surface area contributed by atoms with Crippen LogP contribution in [-0.2, 0) is 0 Å². The summed E-state index contributed by atoms with van der Waals surface area (Å²) in [5.74, 6) is 0.658. The summed E-state index contributed by atoms with van der Waals surface area (Å²) in [7, 11) is 0. The molecule has 0 N–H and O–H groups in total. The van der Waals surface area contributed by atoms with Crippen LogP contribution in [0.4, 0.5) is 0 Å². The predicted molar refractivity (Wildman–Crippen MR) is 226 cm³/mol. The second-order valence-electron chi connectivity index (χ2n) is 14.2. The molecular formula is C50H30N4O. The van der Waals surface area contributed by atoms with Gasteiger partial charge in [-0.25, -0.2) is 9.97 Å². The zero-order valence-corrected chi connectivity index (χ0v) is 29.5. The van der Waals surface area contributed by atoms with E-state index in [2.05, 4.69) is 173 Å². The summed E-state index contributed by atoms with van der Waals surface area (Å²) < 4.78 is 11.2. The van der Waals surface area contributed by atoms with E-state index in [-0.39, 0.29) is 0 Å². The SMILES string of the molecule is c1ccc(-n2c3ccccc3c3cc(-c4nc(-c5ccc(-n6c7ccccc7c7cc8ccccc8cc76)cc5)c5oc6ccccc6c5n4)ccc32)cc1. The average molecular weight is 703 g/mol. The van der Waals surface area contributed by atoms with Crippen molar-refractivity contribution in [3.8, 4) is 34.0 Å². The van der Waals surface area contributed by atoms with Gasteiger partial charge in [0.1, 0.15) is 16.8 Å². The van der Waals surface area contributed by atoms with Crippen LogP contribution in [0.2, 0.25) is 0 Å². The highest BCUT2D eigenvalue weighted by atomic mass is 16.3. The Hall–Kier alpha value is -7.50. The number of hydrogen-bond acceptors (Lipinski definition) is 3. The molecule has 0 radical (unpaired) electrons. The Morgan fingerprint density at radius 3 is 1.71 bits per heavy atom. The van der Waals surface area contributed by atoms with Crippen LogP contribution in [0.5, 0.6) is 0 Å². The lowest BCUT2D eigenvalue weighted by Crippen LogP contribution is -1.96. The Bertz CT molecular complexity index is 3480. The van der Waals surface area contributed by atoms with Gasteiger partial charge in [-0.05, 0) is 89.6 Å². The summed E-state index contributed by atoms with van der Waals surface area (Å²) in [5.41, 5.74) is 11.8. The highest BCUT2D eigenvalue weighted by Gasteiger charge is 2.20. The first-order valence-electron chi connectivity index (χ1n) is 18.6. The molecular weight excluding hydrogens is 673 g/mol. The Morgan fingerprint density at radius 1 is 0.382 bits per heavy atom. The first-order valence-corrected chi connectivity index (χ1v) is 18.6. The van der Waals surface area contributed by atoms with Crippen molar-refractivity contribution < 1.29 is 4.42 Å². The Balaban J connectivity index is 1.05. The van der Waals surface area contributed by atoms with Gasteiger partial charge in [0.05, 0.1) is 22.1 Å². The van der Waals surface area contributed by atoms with Crippen LogP contribution in [0, 0.1) is 0 Å². The first-order chi connectivity index (χ1) is 27.3. The standard InChI is InChI=1S/C50H30N4O/c1-2-14-35(15-3-1)53-42-19-9-6-16-37(42)40-29-34(24-27-44(40)53)50-51-47(49-48(52-50)39-18-8-11-21-46(39)55-49)31-22-25-36(26-23-31)54-43-20-10-7-17-38(43)41-28-32-12-4-5-13-33(32)30-45(41)54/h1-30H. The van der Waals surface area contributed by atoms with Gasteiger partial charge in [0.15, 0.2) is 11.4 Å². The van der Waals surface area contributed by atoms with Crippen LogP contribution in [0.25, 0.3) is 110 Å². The van der Waals surface area contributed by atoms with Crippen molar-refractivity contribution in [1.29, 1.82) is 0 Å². The minimum Gasteiger partial charge on any atom is -0.452 e.